The lowest BCUT2D eigenvalue weighted by Gasteiger charge is -2.34. The molecule has 5 rings (SSSR count). The first-order valence-electron chi connectivity index (χ1n) is 13.1. The Kier molecular flexibility index (Phi) is 7.94. The van der Waals surface area contributed by atoms with E-state index in [0.717, 1.165) is 37.4 Å². The molecule has 0 bridgehead atoms. The number of hydrogen-bond acceptors (Lipinski definition) is 9. The molecule has 4 aromatic rings. The van der Waals surface area contributed by atoms with Crippen LogP contribution in [0.15, 0.2) is 72.2 Å². The third-order valence-electron chi connectivity index (χ3n) is 6.97. The van der Waals surface area contributed by atoms with E-state index in [4.69, 9.17) is 4.74 Å². The highest BCUT2D eigenvalue weighted by Gasteiger charge is 2.17. The van der Waals surface area contributed by atoms with Gasteiger partial charge in [0.15, 0.2) is 0 Å². The molecule has 11 nitrogen and oxygen atoms in total. The lowest BCUT2D eigenvalue weighted by atomic mass is 10.1. The molecule has 3 heterocycles. The first-order chi connectivity index (χ1) is 19.9. The van der Waals surface area contributed by atoms with Crippen molar-refractivity contribution in [2.75, 3.05) is 55.9 Å². The lowest BCUT2D eigenvalue weighted by Crippen LogP contribution is -2.44. The predicted octanol–water partition coefficient (Wildman–Crippen LogP) is 3.34. The van der Waals surface area contributed by atoms with Crippen molar-refractivity contribution in [1.82, 2.24) is 19.4 Å². The van der Waals surface area contributed by atoms with Gasteiger partial charge in [-0.25, -0.2) is 4.98 Å². The molecule has 11 heteroatoms. The van der Waals surface area contributed by atoms with Crippen LogP contribution in [0, 0.1) is 11.3 Å². The Balaban J connectivity index is 1.48. The zero-order valence-corrected chi connectivity index (χ0v) is 22.9. The Morgan fingerprint density at radius 1 is 1.17 bits per heavy atom. The summed E-state index contributed by atoms with van der Waals surface area (Å²) in [5, 5.41) is 16.1. The molecule has 0 radical (unpaired) electrons. The van der Waals surface area contributed by atoms with Crippen LogP contribution in [-0.4, -0.2) is 65.7 Å². The van der Waals surface area contributed by atoms with E-state index in [1.165, 1.54) is 16.7 Å². The molecule has 0 unspecified atom stereocenters. The van der Waals surface area contributed by atoms with Crippen molar-refractivity contribution >= 4 is 40.0 Å². The number of carbonyl (C=O) groups is 1. The summed E-state index contributed by atoms with van der Waals surface area (Å²) >= 11 is 0. The minimum atomic E-state index is -0.473. The molecule has 1 fully saturated rings. The maximum absolute atomic E-state index is 13.3. The summed E-state index contributed by atoms with van der Waals surface area (Å²) in [7, 11) is 3.73. The lowest BCUT2D eigenvalue weighted by molar-refractivity contribution is -0.111. The number of likely N-dealkylation sites (N-methyl/N-ethyl adjacent to an activating group) is 1. The Hall–Kier alpha value is -5.21. The Labute approximate surface area is 237 Å². The number of benzene rings is 2. The highest BCUT2D eigenvalue weighted by molar-refractivity contribution is 5.98. The third kappa shape index (κ3) is 6.03. The van der Waals surface area contributed by atoms with E-state index in [0.29, 0.717) is 28.2 Å². The van der Waals surface area contributed by atoms with Gasteiger partial charge >= 0.3 is 0 Å². The molecule has 2 aromatic carbocycles. The molecule has 208 valence electrons. The minimum absolute atomic E-state index is 0.0147. The molecule has 1 aliphatic rings. The molecular formula is C30H30N8O3. The van der Waals surface area contributed by atoms with Crippen molar-refractivity contribution in [3.8, 4) is 11.8 Å². The number of piperazine rings is 1. The summed E-state index contributed by atoms with van der Waals surface area (Å²) in [5.74, 6) is 0.570. The average molecular weight is 551 g/mol. The Morgan fingerprint density at radius 3 is 2.71 bits per heavy atom. The van der Waals surface area contributed by atoms with E-state index in [1.54, 1.807) is 31.5 Å². The largest absolute Gasteiger partial charge is 0.494 e. The molecule has 0 spiro atoms. The average Bonchev–Trinajstić information content (AvgIpc) is 2.99. The van der Waals surface area contributed by atoms with Crippen LogP contribution in [0.3, 0.4) is 0 Å². The number of amides is 1. The first kappa shape index (κ1) is 27.4. The topological polar surface area (TPSA) is 128 Å². The van der Waals surface area contributed by atoms with E-state index in [1.807, 2.05) is 30.3 Å². The number of aromatic nitrogens is 3. The normalized spacial score (nSPS) is 13.4. The second kappa shape index (κ2) is 11.9. The van der Waals surface area contributed by atoms with Crippen LogP contribution in [0.5, 0.6) is 5.75 Å². The van der Waals surface area contributed by atoms with Crippen LogP contribution < -0.4 is 25.8 Å². The molecular weight excluding hydrogens is 520 g/mol. The molecule has 2 N–H and O–H groups in total. The molecule has 2 aromatic heterocycles. The van der Waals surface area contributed by atoms with Gasteiger partial charge in [0, 0.05) is 55.2 Å². The first-order valence-corrected chi connectivity index (χ1v) is 13.1. The van der Waals surface area contributed by atoms with E-state index >= 15 is 0 Å². The van der Waals surface area contributed by atoms with Crippen LogP contribution in [0.25, 0.3) is 11.0 Å². The molecule has 0 saturated carbocycles. The number of nitrogens with one attached hydrogen (secondary N) is 2. The number of anilines is 4. The van der Waals surface area contributed by atoms with E-state index in [2.05, 4.69) is 44.0 Å². The number of hydrogen-bond donors (Lipinski definition) is 2. The maximum Gasteiger partial charge on any atom is 0.270 e. The molecule has 1 saturated heterocycles. The SMILES string of the molecule is C=CC(=O)Nc1cccc(Cn2c(=O)c(C#N)cc3cnc(Nc4ccc(N5CCN(C)CC5)cc4OC)nc32)c1. The van der Waals surface area contributed by atoms with Crippen molar-refractivity contribution in [1.29, 1.82) is 5.26 Å². The van der Waals surface area contributed by atoms with Crippen molar-refractivity contribution in [2.45, 2.75) is 6.54 Å². The number of ether oxygens (including phenoxy) is 1. The van der Waals surface area contributed by atoms with Crippen LogP contribution in [-0.2, 0) is 11.3 Å². The van der Waals surface area contributed by atoms with Gasteiger partial charge < -0.3 is 25.2 Å². The number of nitrogens with zero attached hydrogens (tertiary/aromatic N) is 6. The molecule has 0 atom stereocenters. The van der Waals surface area contributed by atoms with E-state index < -0.39 is 5.56 Å². The molecule has 41 heavy (non-hydrogen) atoms. The fourth-order valence-corrected chi connectivity index (χ4v) is 4.73. The van der Waals surface area contributed by atoms with Gasteiger partial charge in [-0.3, -0.25) is 14.2 Å². The predicted molar refractivity (Wildman–Crippen MR) is 159 cm³/mol. The summed E-state index contributed by atoms with van der Waals surface area (Å²) < 4.78 is 7.11. The number of carbonyl (C=O) groups excluding carboxylic acids is 1. The highest BCUT2D eigenvalue weighted by Crippen LogP contribution is 2.32. The van der Waals surface area contributed by atoms with Gasteiger partial charge in [-0.2, -0.15) is 10.2 Å². The van der Waals surface area contributed by atoms with Crippen molar-refractivity contribution in [3.63, 3.8) is 0 Å². The van der Waals surface area contributed by atoms with Crippen LogP contribution >= 0.6 is 0 Å². The quantitative estimate of drug-likeness (QED) is 0.318. The standard InChI is InChI=1S/C30H30N8O3/c1-4-27(39)33-23-7-5-6-20(14-23)19-38-28-22(15-21(17-31)29(38)40)18-32-30(35-28)34-25-9-8-24(16-26(25)41-3)37-12-10-36(2)11-13-37/h4-9,14-16,18H,1,10-13,19H2,2-3H3,(H,33,39)(H,32,34,35). The third-order valence-corrected chi connectivity index (χ3v) is 6.97. The van der Waals surface area contributed by atoms with Gasteiger partial charge in [0.25, 0.3) is 5.56 Å². The van der Waals surface area contributed by atoms with E-state index in [9.17, 15) is 14.9 Å². The van der Waals surface area contributed by atoms with Gasteiger partial charge in [0.05, 0.1) is 19.3 Å². The van der Waals surface area contributed by atoms with Gasteiger partial charge in [-0.1, -0.05) is 18.7 Å². The van der Waals surface area contributed by atoms with Crippen LogP contribution in [0.4, 0.5) is 23.0 Å². The summed E-state index contributed by atoms with van der Waals surface area (Å²) in [5.41, 5.74) is 2.92. The van der Waals surface area contributed by atoms with Gasteiger partial charge in [0.1, 0.15) is 23.0 Å². The zero-order chi connectivity index (χ0) is 28.9. The van der Waals surface area contributed by atoms with Crippen LogP contribution in [0.1, 0.15) is 11.1 Å². The maximum atomic E-state index is 13.3. The summed E-state index contributed by atoms with van der Waals surface area (Å²) in [4.78, 5) is 38.7. The smallest absolute Gasteiger partial charge is 0.270 e. The van der Waals surface area contributed by atoms with Crippen molar-refractivity contribution in [3.05, 3.63) is 88.9 Å². The fourth-order valence-electron chi connectivity index (χ4n) is 4.73. The van der Waals surface area contributed by atoms with Gasteiger partial charge in [0.2, 0.25) is 11.9 Å². The number of methoxy groups -OCH3 is 1. The number of fused-ring (bicyclic) bond motifs is 1. The summed E-state index contributed by atoms with van der Waals surface area (Å²) in [6.07, 6.45) is 2.76. The second-order valence-electron chi connectivity index (χ2n) is 9.73. The minimum Gasteiger partial charge on any atom is -0.494 e. The van der Waals surface area contributed by atoms with Crippen LogP contribution in [0.2, 0.25) is 0 Å². The summed E-state index contributed by atoms with van der Waals surface area (Å²) in [6.45, 7) is 7.46. The van der Waals surface area contributed by atoms with Gasteiger partial charge in [-0.05, 0) is 49.0 Å². The molecule has 1 aliphatic heterocycles. The Morgan fingerprint density at radius 2 is 1.98 bits per heavy atom. The fraction of sp³-hybridized carbons (Fsp3) is 0.233. The number of nitriles is 1. The molecule has 1 amide bonds. The molecule has 0 aliphatic carbocycles. The zero-order valence-electron chi connectivity index (χ0n) is 22.9. The summed E-state index contributed by atoms with van der Waals surface area (Å²) in [6, 6.07) is 16.5. The van der Waals surface area contributed by atoms with Crippen molar-refractivity contribution in [2.24, 2.45) is 0 Å². The van der Waals surface area contributed by atoms with E-state index in [-0.39, 0.29) is 24.0 Å². The highest BCUT2D eigenvalue weighted by atomic mass is 16.5. The number of pyridine rings is 1. The second-order valence-corrected chi connectivity index (χ2v) is 9.73. The Bertz CT molecular complexity index is 1720. The monoisotopic (exact) mass is 550 g/mol. The van der Waals surface area contributed by atoms with Crippen molar-refractivity contribution < 1.29 is 9.53 Å². The number of rotatable bonds is 8. The van der Waals surface area contributed by atoms with Gasteiger partial charge in [-0.15, -0.1) is 0 Å².